The number of halogens is 3. The van der Waals surface area contributed by atoms with Gasteiger partial charge in [-0.2, -0.15) is 5.10 Å². The molecule has 2 aromatic heterocycles. The van der Waals surface area contributed by atoms with Gasteiger partial charge >= 0.3 is 0 Å². The Balaban J connectivity index is 1.29. The third-order valence-corrected chi connectivity index (χ3v) is 8.86. The van der Waals surface area contributed by atoms with Crippen LogP contribution in [-0.2, 0) is 5.41 Å². The van der Waals surface area contributed by atoms with Crippen LogP contribution in [0.25, 0.3) is 22.4 Å². The van der Waals surface area contributed by atoms with Crippen LogP contribution in [0.2, 0.25) is 10.0 Å². The van der Waals surface area contributed by atoms with Crippen molar-refractivity contribution in [1.29, 1.82) is 0 Å². The summed E-state index contributed by atoms with van der Waals surface area (Å²) < 4.78 is 14.7. The summed E-state index contributed by atoms with van der Waals surface area (Å²) in [5.74, 6) is 0.796. The lowest BCUT2D eigenvalue weighted by Gasteiger charge is -2.26. The van der Waals surface area contributed by atoms with E-state index in [9.17, 15) is 9.18 Å². The highest BCUT2D eigenvalue weighted by Crippen LogP contribution is 2.65. The first-order chi connectivity index (χ1) is 17.4. The van der Waals surface area contributed by atoms with Gasteiger partial charge in [-0.05, 0) is 42.4 Å². The van der Waals surface area contributed by atoms with E-state index in [2.05, 4.69) is 27.0 Å². The number of nitrogens with one attached hydrogen (secondary N) is 1. The minimum absolute atomic E-state index is 0.0792. The average Bonchev–Trinajstić information content (AvgIpc) is 3.34. The molecule has 1 saturated carbocycles. The number of nitrogens with two attached hydrogens (primary N) is 1. The SMILES string of the molecule is CC[C@]1(c2ccccc2F)[C@@H]2CCN(c3cnc4c(-c5ccc(C(N)=O)c(Cl)c5Cl)[nH]nc4n3)C[C@@H]21. The van der Waals surface area contributed by atoms with Crippen LogP contribution >= 0.6 is 23.2 Å². The highest BCUT2D eigenvalue weighted by molar-refractivity contribution is 6.45. The highest BCUT2D eigenvalue weighted by atomic mass is 35.5. The van der Waals surface area contributed by atoms with Crippen molar-refractivity contribution in [3.8, 4) is 11.3 Å². The number of primary amides is 1. The smallest absolute Gasteiger partial charge is 0.250 e. The van der Waals surface area contributed by atoms with Crippen LogP contribution in [0.4, 0.5) is 10.2 Å². The third-order valence-electron chi connectivity index (χ3n) is 7.98. The Kier molecular flexibility index (Phi) is 5.42. The number of carbonyl (C=O) groups excluding carboxylic acids is 1. The first-order valence-corrected chi connectivity index (χ1v) is 12.6. The highest BCUT2D eigenvalue weighted by Gasteiger charge is 2.65. The molecule has 2 fully saturated rings. The van der Waals surface area contributed by atoms with Gasteiger partial charge in [0.1, 0.15) is 17.2 Å². The molecule has 2 aromatic carbocycles. The molecule has 3 heterocycles. The van der Waals surface area contributed by atoms with Gasteiger partial charge in [-0.25, -0.2) is 14.4 Å². The number of hydrogen-bond donors (Lipinski definition) is 2. The van der Waals surface area contributed by atoms with Crippen molar-refractivity contribution >= 4 is 46.1 Å². The molecule has 1 amide bonds. The summed E-state index contributed by atoms with van der Waals surface area (Å²) in [6.45, 7) is 3.77. The molecule has 2 aliphatic rings. The molecule has 3 atom stereocenters. The zero-order valence-corrected chi connectivity index (χ0v) is 20.9. The number of anilines is 1. The summed E-state index contributed by atoms with van der Waals surface area (Å²) >= 11 is 12.7. The second-order valence-corrected chi connectivity index (χ2v) is 10.2. The zero-order chi connectivity index (χ0) is 25.2. The molecule has 3 N–H and O–H groups in total. The minimum atomic E-state index is -0.658. The molecular formula is C26H23Cl2FN6O. The third kappa shape index (κ3) is 3.31. The first-order valence-electron chi connectivity index (χ1n) is 11.9. The van der Waals surface area contributed by atoms with E-state index in [0.717, 1.165) is 37.3 Å². The van der Waals surface area contributed by atoms with Gasteiger partial charge in [0, 0.05) is 24.1 Å². The van der Waals surface area contributed by atoms with E-state index in [4.69, 9.17) is 33.9 Å². The Morgan fingerprint density at radius 1 is 1.22 bits per heavy atom. The lowest BCUT2D eigenvalue weighted by molar-refractivity contribution is 0.100. The summed E-state index contributed by atoms with van der Waals surface area (Å²) in [6, 6.07) is 10.3. The van der Waals surface area contributed by atoms with Crippen LogP contribution in [0.1, 0.15) is 35.7 Å². The van der Waals surface area contributed by atoms with E-state index < -0.39 is 5.91 Å². The van der Waals surface area contributed by atoms with Gasteiger partial charge in [0.05, 0.1) is 27.5 Å². The van der Waals surface area contributed by atoms with Crippen LogP contribution in [0, 0.1) is 17.7 Å². The second-order valence-electron chi connectivity index (χ2n) is 9.47. The quantitative estimate of drug-likeness (QED) is 0.365. The predicted molar refractivity (Wildman–Crippen MR) is 138 cm³/mol. The molecule has 184 valence electrons. The van der Waals surface area contributed by atoms with E-state index in [1.807, 2.05) is 12.1 Å². The lowest BCUT2D eigenvalue weighted by atomic mass is 9.88. The van der Waals surface area contributed by atoms with Crippen LogP contribution in [0.15, 0.2) is 42.6 Å². The molecule has 1 aliphatic carbocycles. The van der Waals surface area contributed by atoms with E-state index in [1.165, 1.54) is 6.07 Å². The van der Waals surface area contributed by atoms with Crippen molar-refractivity contribution in [1.82, 2.24) is 20.2 Å². The summed E-state index contributed by atoms with van der Waals surface area (Å²) in [4.78, 5) is 23.2. The Bertz CT molecular complexity index is 1520. The second kappa shape index (κ2) is 8.42. The number of aromatic amines is 1. The standard InChI is InChI=1S/C26H23Cl2FN6O/c1-2-26(16-5-3-4-6-18(16)29)15-9-10-35(12-17(15)26)19-11-31-23-22(33-34-25(23)32-19)13-7-8-14(24(30)36)21(28)20(13)27/h3-8,11,15,17H,2,9-10,12H2,1H3,(H2,30,36)(H,32,33,34)/t15-,17+,26-/m1/s1. The molecule has 4 aromatic rings. The summed E-state index contributed by atoms with van der Waals surface area (Å²) in [6.07, 6.45) is 3.61. The number of aromatic nitrogens is 4. The maximum atomic E-state index is 14.7. The number of nitrogens with zero attached hydrogens (tertiary/aromatic N) is 4. The minimum Gasteiger partial charge on any atom is -0.366 e. The predicted octanol–water partition coefficient (Wildman–Crippen LogP) is 5.37. The van der Waals surface area contributed by atoms with Gasteiger partial charge in [-0.3, -0.25) is 9.89 Å². The largest absolute Gasteiger partial charge is 0.366 e. The van der Waals surface area contributed by atoms with Gasteiger partial charge in [0.2, 0.25) is 11.6 Å². The molecule has 1 aliphatic heterocycles. The monoisotopic (exact) mass is 524 g/mol. The van der Waals surface area contributed by atoms with E-state index in [1.54, 1.807) is 24.4 Å². The Labute approximate surface area is 216 Å². The Morgan fingerprint density at radius 2 is 2.03 bits per heavy atom. The van der Waals surface area contributed by atoms with Crippen molar-refractivity contribution in [3.05, 3.63) is 69.6 Å². The Morgan fingerprint density at radius 3 is 2.78 bits per heavy atom. The summed E-state index contributed by atoms with van der Waals surface area (Å²) in [5.41, 5.74) is 8.31. The number of carbonyl (C=O) groups is 1. The number of hydrogen-bond acceptors (Lipinski definition) is 5. The van der Waals surface area contributed by atoms with Gasteiger partial charge in [-0.15, -0.1) is 0 Å². The van der Waals surface area contributed by atoms with E-state index in [0.29, 0.717) is 34.3 Å². The average molecular weight is 525 g/mol. The van der Waals surface area contributed by atoms with Gasteiger partial charge in [-0.1, -0.05) is 54.4 Å². The van der Waals surface area contributed by atoms with E-state index >= 15 is 0 Å². The molecule has 0 radical (unpaired) electrons. The molecule has 0 unspecified atom stereocenters. The summed E-state index contributed by atoms with van der Waals surface area (Å²) in [5, 5.41) is 7.56. The van der Waals surface area contributed by atoms with Crippen molar-refractivity contribution in [2.45, 2.75) is 25.2 Å². The number of rotatable bonds is 5. The summed E-state index contributed by atoms with van der Waals surface area (Å²) in [7, 11) is 0. The lowest BCUT2D eigenvalue weighted by Crippen LogP contribution is -2.32. The zero-order valence-electron chi connectivity index (χ0n) is 19.4. The van der Waals surface area contributed by atoms with Crippen molar-refractivity contribution in [2.24, 2.45) is 17.6 Å². The van der Waals surface area contributed by atoms with Gasteiger partial charge in [0.25, 0.3) is 0 Å². The van der Waals surface area contributed by atoms with Crippen LogP contribution < -0.4 is 10.6 Å². The number of amides is 1. The maximum Gasteiger partial charge on any atom is 0.250 e. The fourth-order valence-electron chi connectivity index (χ4n) is 6.20. The fraction of sp³-hybridized carbons (Fsp3) is 0.308. The molecule has 0 spiro atoms. The molecule has 6 rings (SSSR count). The van der Waals surface area contributed by atoms with Crippen LogP contribution in [0.3, 0.4) is 0 Å². The maximum absolute atomic E-state index is 14.7. The number of benzene rings is 2. The molecule has 36 heavy (non-hydrogen) atoms. The topological polar surface area (TPSA) is 101 Å². The normalized spacial score (nSPS) is 23.1. The molecular weight excluding hydrogens is 502 g/mol. The Hall–Kier alpha value is -3.23. The van der Waals surface area contributed by atoms with Crippen LogP contribution in [-0.4, -0.2) is 39.2 Å². The molecule has 0 bridgehead atoms. The van der Waals surface area contributed by atoms with Crippen molar-refractivity contribution in [3.63, 3.8) is 0 Å². The molecule has 10 heteroatoms. The molecule has 1 saturated heterocycles. The molecule has 7 nitrogen and oxygen atoms in total. The number of piperidine rings is 1. The first kappa shape index (κ1) is 23.2. The van der Waals surface area contributed by atoms with Gasteiger partial charge < -0.3 is 10.6 Å². The van der Waals surface area contributed by atoms with Gasteiger partial charge in [0.15, 0.2) is 0 Å². The van der Waals surface area contributed by atoms with Crippen molar-refractivity contribution in [2.75, 3.05) is 18.0 Å². The number of fused-ring (bicyclic) bond motifs is 2. The van der Waals surface area contributed by atoms with Crippen LogP contribution in [0.5, 0.6) is 0 Å². The number of H-pyrrole nitrogens is 1. The van der Waals surface area contributed by atoms with E-state index in [-0.39, 0.29) is 26.8 Å². The van der Waals surface area contributed by atoms with Crippen molar-refractivity contribution < 1.29 is 9.18 Å². The fourth-order valence-corrected chi connectivity index (χ4v) is 6.71.